The number of rotatable bonds is 2. The van der Waals surface area contributed by atoms with Gasteiger partial charge in [0, 0.05) is 10.6 Å². The number of aliphatic hydroxyl groups excluding tert-OH is 1. The predicted octanol–water partition coefficient (Wildman–Crippen LogP) is 4.49. The highest BCUT2D eigenvalue weighted by molar-refractivity contribution is 6.31. The van der Waals surface area contributed by atoms with Gasteiger partial charge in [-0.2, -0.15) is 0 Å². The van der Waals surface area contributed by atoms with Gasteiger partial charge < -0.3 is 5.11 Å². The van der Waals surface area contributed by atoms with Crippen LogP contribution in [-0.2, 0) is 0 Å². The van der Waals surface area contributed by atoms with Gasteiger partial charge in [0.1, 0.15) is 11.9 Å². The maximum atomic E-state index is 13.3. The topological polar surface area (TPSA) is 20.2 Å². The van der Waals surface area contributed by atoms with Crippen LogP contribution in [0.3, 0.4) is 0 Å². The van der Waals surface area contributed by atoms with Gasteiger partial charge in [0.05, 0.1) is 0 Å². The highest BCUT2D eigenvalue weighted by Crippen LogP contribution is 2.32. The van der Waals surface area contributed by atoms with Crippen molar-refractivity contribution in [2.24, 2.45) is 0 Å². The minimum absolute atomic E-state index is 0.291. The summed E-state index contributed by atoms with van der Waals surface area (Å²) in [5, 5.41) is 11.0. The largest absolute Gasteiger partial charge is 0.384 e. The minimum atomic E-state index is -0.839. The van der Waals surface area contributed by atoms with E-state index in [1.165, 1.54) is 12.1 Å². The Morgan fingerprint density at radius 1 is 1.05 bits per heavy atom. The van der Waals surface area contributed by atoms with E-state index in [1.807, 2.05) is 25.1 Å². The van der Waals surface area contributed by atoms with Gasteiger partial charge in [0.15, 0.2) is 0 Å². The first-order chi connectivity index (χ1) is 8.90. The molecule has 100 valence electrons. The fourth-order valence-electron chi connectivity index (χ4n) is 2.36. The molecule has 0 aliphatic heterocycles. The summed E-state index contributed by atoms with van der Waals surface area (Å²) in [6, 6.07) is 8.37. The maximum absolute atomic E-state index is 13.3. The Labute approximate surface area is 117 Å². The van der Waals surface area contributed by atoms with E-state index in [-0.39, 0.29) is 5.82 Å². The van der Waals surface area contributed by atoms with E-state index in [0.717, 1.165) is 16.7 Å². The van der Waals surface area contributed by atoms with Crippen molar-refractivity contribution < 1.29 is 9.50 Å². The third-order valence-electron chi connectivity index (χ3n) is 3.28. The summed E-state index contributed by atoms with van der Waals surface area (Å²) in [7, 11) is 0. The molecule has 0 fully saturated rings. The highest BCUT2D eigenvalue weighted by Gasteiger charge is 2.18. The van der Waals surface area contributed by atoms with Gasteiger partial charge >= 0.3 is 0 Å². The van der Waals surface area contributed by atoms with E-state index in [1.54, 1.807) is 13.8 Å². The fraction of sp³-hybridized carbons (Fsp3) is 0.250. The third-order valence-corrected chi connectivity index (χ3v) is 3.61. The molecule has 0 spiro atoms. The Balaban J connectivity index is 2.53. The summed E-state index contributed by atoms with van der Waals surface area (Å²) in [5.74, 6) is -0.291. The fourth-order valence-corrected chi connectivity index (χ4v) is 2.70. The van der Waals surface area contributed by atoms with E-state index >= 15 is 0 Å². The van der Waals surface area contributed by atoms with E-state index in [0.29, 0.717) is 16.1 Å². The lowest BCUT2D eigenvalue weighted by Crippen LogP contribution is -2.06. The summed E-state index contributed by atoms with van der Waals surface area (Å²) in [6.45, 7) is 5.52. The van der Waals surface area contributed by atoms with Crippen LogP contribution in [0, 0.1) is 26.6 Å². The Kier molecular flexibility index (Phi) is 3.93. The number of halogens is 2. The number of hydrogen-bond acceptors (Lipinski definition) is 1. The summed E-state index contributed by atoms with van der Waals surface area (Å²) in [4.78, 5) is 0. The van der Waals surface area contributed by atoms with Gasteiger partial charge in [-0.3, -0.25) is 0 Å². The van der Waals surface area contributed by atoms with Crippen LogP contribution >= 0.6 is 11.6 Å². The van der Waals surface area contributed by atoms with Gasteiger partial charge in [0.2, 0.25) is 0 Å². The summed E-state index contributed by atoms with van der Waals surface area (Å²) in [5.41, 5.74) is 3.84. The smallest absolute Gasteiger partial charge is 0.123 e. The van der Waals surface area contributed by atoms with Crippen molar-refractivity contribution in [3.63, 3.8) is 0 Å². The lowest BCUT2D eigenvalue weighted by Gasteiger charge is -2.18. The van der Waals surface area contributed by atoms with Crippen LogP contribution in [0.5, 0.6) is 0 Å². The summed E-state index contributed by atoms with van der Waals surface area (Å²) < 4.78 is 13.3. The van der Waals surface area contributed by atoms with Gasteiger partial charge in [-0.1, -0.05) is 23.7 Å². The first-order valence-electron chi connectivity index (χ1n) is 6.11. The molecule has 1 nitrogen and oxygen atoms in total. The zero-order valence-electron chi connectivity index (χ0n) is 11.2. The van der Waals surface area contributed by atoms with Gasteiger partial charge in [0.25, 0.3) is 0 Å². The molecule has 2 aromatic rings. The van der Waals surface area contributed by atoms with Crippen LogP contribution in [0.2, 0.25) is 5.02 Å². The second kappa shape index (κ2) is 5.32. The summed E-state index contributed by atoms with van der Waals surface area (Å²) in [6.07, 6.45) is -0.839. The molecular formula is C16H16ClFO. The monoisotopic (exact) mass is 278 g/mol. The molecule has 2 aromatic carbocycles. The predicted molar refractivity (Wildman–Crippen MR) is 76.1 cm³/mol. The van der Waals surface area contributed by atoms with Crippen molar-refractivity contribution >= 4 is 11.6 Å². The summed E-state index contributed by atoms with van der Waals surface area (Å²) >= 11 is 6.18. The average molecular weight is 279 g/mol. The standard InChI is InChI=1S/C16H16ClFO/c1-9-4-5-13(14(17)6-9)16(19)15-10(2)7-12(18)8-11(15)3/h4-8,16,19H,1-3H3. The van der Waals surface area contributed by atoms with E-state index < -0.39 is 6.10 Å². The van der Waals surface area contributed by atoms with Crippen molar-refractivity contribution in [3.8, 4) is 0 Å². The Bertz CT molecular complexity index is 599. The quantitative estimate of drug-likeness (QED) is 0.858. The van der Waals surface area contributed by atoms with Gasteiger partial charge in [-0.05, 0) is 61.2 Å². The number of aryl methyl sites for hydroxylation is 3. The molecule has 0 bridgehead atoms. The van der Waals surface area contributed by atoms with E-state index in [9.17, 15) is 9.50 Å². The second-order valence-corrected chi connectivity index (χ2v) is 5.29. The Morgan fingerprint density at radius 2 is 1.63 bits per heavy atom. The zero-order valence-corrected chi connectivity index (χ0v) is 11.9. The van der Waals surface area contributed by atoms with E-state index in [4.69, 9.17) is 11.6 Å². The van der Waals surface area contributed by atoms with Crippen molar-refractivity contribution in [2.45, 2.75) is 26.9 Å². The molecule has 0 amide bonds. The molecule has 0 heterocycles. The number of hydrogen-bond donors (Lipinski definition) is 1. The molecule has 0 aliphatic carbocycles. The normalized spacial score (nSPS) is 12.5. The van der Waals surface area contributed by atoms with Crippen LogP contribution in [-0.4, -0.2) is 5.11 Å². The molecule has 1 atom stereocenters. The molecule has 0 saturated carbocycles. The minimum Gasteiger partial charge on any atom is -0.384 e. The third kappa shape index (κ3) is 2.80. The first kappa shape index (κ1) is 14.0. The van der Waals surface area contributed by atoms with Crippen LogP contribution in [0.1, 0.15) is 33.9 Å². The first-order valence-corrected chi connectivity index (χ1v) is 6.48. The van der Waals surface area contributed by atoms with Crippen molar-refractivity contribution in [1.82, 2.24) is 0 Å². The molecule has 0 saturated heterocycles. The van der Waals surface area contributed by atoms with Crippen LogP contribution in [0.4, 0.5) is 4.39 Å². The lowest BCUT2D eigenvalue weighted by molar-refractivity contribution is 0.218. The molecule has 1 unspecified atom stereocenters. The molecule has 2 rings (SSSR count). The second-order valence-electron chi connectivity index (χ2n) is 4.88. The molecular weight excluding hydrogens is 263 g/mol. The Morgan fingerprint density at radius 3 is 2.16 bits per heavy atom. The number of benzene rings is 2. The van der Waals surface area contributed by atoms with Crippen LogP contribution in [0.15, 0.2) is 30.3 Å². The van der Waals surface area contributed by atoms with E-state index in [2.05, 4.69) is 0 Å². The average Bonchev–Trinajstić information content (AvgIpc) is 2.26. The van der Waals surface area contributed by atoms with Crippen molar-refractivity contribution in [3.05, 3.63) is 69.0 Å². The van der Waals surface area contributed by atoms with Crippen LogP contribution < -0.4 is 0 Å². The zero-order chi connectivity index (χ0) is 14.2. The van der Waals surface area contributed by atoms with Gasteiger partial charge in [-0.25, -0.2) is 4.39 Å². The van der Waals surface area contributed by atoms with Crippen molar-refractivity contribution in [2.75, 3.05) is 0 Å². The van der Waals surface area contributed by atoms with Crippen molar-refractivity contribution in [1.29, 1.82) is 0 Å². The number of aliphatic hydroxyl groups is 1. The highest BCUT2D eigenvalue weighted by atomic mass is 35.5. The molecule has 19 heavy (non-hydrogen) atoms. The van der Waals surface area contributed by atoms with Crippen LogP contribution in [0.25, 0.3) is 0 Å². The molecule has 0 aliphatic rings. The molecule has 0 aromatic heterocycles. The molecule has 0 radical (unpaired) electrons. The SMILES string of the molecule is Cc1ccc(C(O)c2c(C)cc(F)cc2C)c(Cl)c1. The maximum Gasteiger partial charge on any atom is 0.123 e. The lowest BCUT2D eigenvalue weighted by atomic mass is 9.93. The molecule has 1 N–H and O–H groups in total. The van der Waals surface area contributed by atoms with Gasteiger partial charge in [-0.15, -0.1) is 0 Å². The molecule has 3 heteroatoms. The Hall–Kier alpha value is -1.38.